The molecule has 1 aromatic carbocycles. The summed E-state index contributed by atoms with van der Waals surface area (Å²) in [6, 6.07) is 5.16. The average Bonchev–Trinajstić information content (AvgIpc) is 2.40. The Kier molecular flexibility index (Phi) is 3.71. The van der Waals surface area contributed by atoms with E-state index in [4.69, 9.17) is 4.42 Å². The van der Waals surface area contributed by atoms with Gasteiger partial charge in [0.2, 0.25) is 5.43 Å². The number of ketones is 1. The van der Waals surface area contributed by atoms with Gasteiger partial charge in [0.15, 0.2) is 11.5 Å². The fourth-order valence-corrected chi connectivity index (χ4v) is 2.05. The Labute approximate surface area is 115 Å². The Morgan fingerprint density at radius 3 is 2.79 bits per heavy atom. The van der Waals surface area contributed by atoms with Crippen molar-refractivity contribution in [3.05, 3.63) is 58.5 Å². The monoisotopic (exact) mass is 272 g/mol. The van der Waals surface area contributed by atoms with E-state index < -0.39 is 0 Å². The van der Waals surface area contributed by atoms with Gasteiger partial charge in [0.25, 0.3) is 0 Å². The molecule has 3 nitrogen and oxygen atoms in total. The molecule has 0 saturated carbocycles. The second-order valence-corrected chi connectivity index (χ2v) is 4.46. The zero-order chi connectivity index (χ0) is 14.0. The van der Waals surface area contributed by atoms with Gasteiger partial charge in [-0.05, 0) is 17.7 Å². The molecule has 0 N–H and O–H groups in total. The summed E-state index contributed by atoms with van der Waals surface area (Å²) in [5.41, 5.74) is 0.926. The minimum atomic E-state index is -0.320. The molecule has 0 aliphatic rings. The van der Waals surface area contributed by atoms with Crippen LogP contribution in [0.5, 0.6) is 0 Å². The van der Waals surface area contributed by atoms with E-state index in [2.05, 4.69) is 19.2 Å². The van der Waals surface area contributed by atoms with Crippen LogP contribution in [0.25, 0.3) is 17.0 Å². The van der Waals surface area contributed by atoms with Gasteiger partial charge in [-0.3, -0.25) is 9.59 Å². The van der Waals surface area contributed by atoms with Gasteiger partial charge in [-0.1, -0.05) is 30.9 Å². The second kappa shape index (κ2) is 5.28. The molecule has 0 unspecified atom stereocenters. The highest BCUT2D eigenvalue weighted by Crippen LogP contribution is 2.20. The SMILES string of the molecule is C=C/C=C/c1ccc2oc(C(C)=O)c(S)c(=O)c2c1. The van der Waals surface area contributed by atoms with Gasteiger partial charge in [0, 0.05) is 6.92 Å². The number of thiol groups is 1. The van der Waals surface area contributed by atoms with Crippen molar-refractivity contribution in [1.82, 2.24) is 0 Å². The first-order chi connectivity index (χ1) is 9.04. The number of rotatable bonds is 3. The summed E-state index contributed by atoms with van der Waals surface area (Å²) in [4.78, 5) is 23.6. The third-order valence-corrected chi connectivity index (χ3v) is 3.04. The molecule has 96 valence electrons. The molecule has 4 heteroatoms. The summed E-state index contributed by atoms with van der Waals surface area (Å²) in [6.45, 7) is 4.92. The lowest BCUT2D eigenvalue weighted by Gasteiger charge is -2.04. The van der Waals surface area contributed by atoms with Crippen LogP contribution in [0.1, 0.15) is 23.0 Å². The Hall–Kier alpha value is -2.07. The molecule has 2 aromatic rings. The van der Waals surface area contributed by atoms with Crippen molar-refractivity contribution in [3.8, 4) is 0 Å². The number of benzene rings is 1. The zero-order valence-electron chi connectivity index (χ0n) is 10.3. The third kappa shape index (κ3) is 2.53. The Morgan fingerprint density at radius 1 is 1.42 bits per heavy atom. The second-order valence-electron chi connectivity index (χ2n) is 4.02. The Bertz CT molecular complexity index is 754. The van der Waals surface area contributed by atoms with E-state index in [1.807, 2.05) is 6.08 Å². The zero-order valence-corrected chi connectivity index (χ0v) is 11.2. The van der Waals surface area contributed by atoms with Crippen LogP contribution >= 0.6 is 12.6 Å². The average molecular weight is 272 g/mol. The van der Waals surface area contributed by atoms with Gasteiger partial charge in [0.1, 0.15) is 5.58 Å². The van der Waals surface area contributed by atoms with E-state index in [9.17, 15) is 9.59 Å². The first-order valence-corrected chi connectivity index (χ1v) is 6.09. The summed E-state index contributed by atoms with van der Waals surface area (Å²) < 4.78 is 5.42. The van der Waals surface area contributed by atoms with E-state index in [1.165, 1.54) is 6.92 Å². The maximum Gasteiger partial charge on any atom is 0.206 e. The molecule has 0 radical (unpaired) electrons. The number of carbonyl (C=O) groups is 1. The van der Waals surface area contributed by atoms with Crippen LogP contribution in [0.4, 0.5) is 0 Å². The molecule has 1 heterocycles. The van der Waals surface area contributed by atoms with E-state index in [-0.39, 0.29) is 21.9 Å². The van der Waals surface area contributed by atoms with Crippen molar-refractivity contribution in [3.63, 3.8) is 0 Å². The first-order valence-electron chi connectivity index (χ1n) is 5.64. The molecule has 19 heavy (non-hydrogen) atoms. The van der Waals surface area contributed by atoms with Crippen molar-refractivity contribution in [2.45, 2.75) is 11.8 Å². The van der Waals surface area contributed by atoms with Gasteiger partial charge in [-0.2, -0.15) is 0 Å². The van der Waals surface area contributed by atoms with Crippen molar-refractivity contribution >= 4 is 35.5 Å². The number of allylic oxidation sites excluding steroid dienone is 2. The van der Waals surface area contributed by atoms with Gasteiger partial charge >= 0.3 is 0 Å². The summed E-state index contributed by atoms with van der Waals surface area (Å²) in [7, 11) is 0. The van der Waals surface area contributed by atoms with Crippen LogP contribution in [0, 0.1) is 0 Å². The van der Waals surface area contributed by atoms with Gasteiger partial charge in [0.05, 0.1) is 10.3 Å². The van der Waals surface area contributed by atoms with Crippen molar-refractivity contribution in [1.29, 1.82) is 0 Å². The quantitative estimate of drug-likeness (QED) is 0.528. The lowest BCUT2D eigenvalue weighted by molar-refractivity contribution is 0.0983. The standard InChI is InChI=1S/C15H12O3S/c1-3-4-5-10-6-7-12-11(8-10)13(17)15(19)14(18-12)9(2)16/h3-8,19H,1H2,2H3/b5-4+. The van der Waals surface area contributed by atoms with E-state index >= 15 is 0 Å². The fourth-order valence-electron chi connectivity index (χ4n) is 1.72. The largest absolute Gasteiger partial charge is 0.452 e. The Morgan fingerprint density at radius 2 is 2.16 bits per heavy atom. The highest BCUT2D eigenvalue weighted by atomic mass is 32.1. The summed E-state index contributed by atoms with van der Waals surface area (Å²) >= 11 is 4.07. The van der Waals surface area contributed by atoms with Crippen molar-refractivity contribution < 1.29 is 9.21 Å². The molecule has 0 atom stereocenters. The number of fused-ring (bicyclic) bond motifs is 1. The molecular formula is C15H12O3S. The van der Waals surface area contributed by atoms with Gasteiger partial charge in [-0.15, -0.1) is 12.6 Å². The van der Waals surface area contributed by atoms with Crippen LogP contribution in [0.3, 0.4) is 0 Å². The maximum atomic E-state index is 12.1. The van der Waals surface area contributed by atoms with Crippen LogP contribution in [-0.2, 0) is 0 Å². The summed E-state index contributed by atoms with van der Waals surface area (Å²) in [5.74, 6) is -0.324. The minimum Gasteiger partial charge on any atom is -0.452 e. The third-order valence-electron chi connectivity index (χ3n) is 2.63. The minimum absolute atomic E-state index is 0.00443. The molecule has 0 aliphatic carbocycles. The maximum absolute atomic E-state index is 12.1. The normalized spacial score (nSPS) is 11.1. The smallest absolute Gasteiger partial charge is 0.206 e. The molecular weight excluding hydrogens is 260 g/mol. The molecule has 0 amide bonds. The molecule has 0 fully saturated rings. The van der Waals surface area contributed by atoms with Crippen LogP contribution in [0.2, 0.25) is 0 Å². The fraction of sp³-hybridized carbons (Fsp3) is 0.0667. The summed E-state index contributed by atoms with van der Waals surface area (Å²) in [6.07, 6.45) is 5.24. The summed E-state index contributed by atoms with van der Waals surface area (Å²) in [5, 5.41) is 0.404. The molecule has 0 saturated heterocycles. The first kappa shape index (κ1) is 13.4. The topological polar surface area (TPSA) is 47.3 Å². The van der Waals surface area contributed by atoms with Crippen molar-refractivity contribution in [2.75, 3.05) is 0 Å². The van der Waals surface area contributed by atoms with E-state index in [0.717, 1.165) is 5.56 Å². The molecule has 0 spiro atoms. The number of hydrogen-bond acceptors (Lipinski definition) is 4. The lowest BCUT2D eigenvalue weighted by atomic mass is 10.1. The number of hydrogen-bond donors (Lipinski definition) is 1. The van der Waals surface area contributed by atoms with Gasteiger partial charge < -0.3 is 4.42 Å². The number of carbonyl (C=O) groups excluding carboxylic acids is 1. The molecule has 1 aromatic heterocycles. The molecule has 0 bridgehead atoms. The highest BCUT2D eigenvalue weighted by molar-refractivity contribution is 7.80. The molecule has 0 aliphatic heterocycles. The predicted octanol–water partition coefficient (Wildman–Crippen LogP) is 3.48. The lowest BCUT2D eigenvalue weighted by Crippen LogP contribution is -2.09. The van der Waals surface area contributed by atoms with Gasteiger partial charge in [-0.25, -0.2) is 0 Å². The number of Topliss-reactive ketones (excluding diaryl/α,β-unsaturated/α-hetero) is 1. The molecule has 2 rings (SSSR count). The van der Waals surface area contributed by atoms with Crippen LogP contribution in [-0.4, -0.2) is 5.78 Å². The predicted molar refractivity (Wildman–Crippen MR) is 79.0 cm³/mol. The Balaban J connectivity index is 2.75. The highest BCUT2D eigenvalue weighted by Gasteiger charge is 2.14. The van der Waals surface area contributed by atoms with E-state index in [0.29, 0.717) is 11.0 Å². The van der Waals surface area contributed by atoms with Crippen LogP contribution < -0.4 is 5.43 Å². The van der Waals surface area contributed by atoms with E-state index in [1.54, 1.807) is 30.4 Å². The van der Waals surface area contributed by atoms with Crippen molar-refractivity contribution in [2.24, 2.45) is 0 Å². The van der Waals surface area contributed by atoms with Crippen LogP contribution in [0.15, 0.2) is 51.0 Å².